The Bertz CT molecular complexity index is 1000. The van der Waals surface area contributed by atoms with Gasteiger partial charge >= 0.3 is 0 Å². The van der Waals surface area contributed by atoms with Crippen molar-refractivity contribution >= 4 is 17.6 Å². The minimum atomic E-state index is -0.242. The summed E-state index contributed by atoms with van der Waals surface area (Å²) in [6.07, 6.45) is 4.51. The van der Waals surface area contributed by atoms with E-state index in [0.29, 0.717) is 0 Å². The van der Waals surface area contributed by atoms with Gasteiger partial charge in [-0.3, -0.25) is 0 Å². The molecule has 0 bridgehead atoms. The highest BCUT2D eigenvalue weighted by atomic mass is 32.1. The Morgan fingerprint density at radius 2 is 2.07 bits per heavy atom. The molecule has 1 aliphatic rings. The van der Waals surface area contributed by atoms with Crippen LogP contribution < -0.4 is 0 Å². The number of carbonyl (C=O) groups is 1. The summed E-state index contributed by atoms with van der Waals surface area (Å²) in [6.45, 7) is 6.23. The van der Waals surface area contributed by atoms with E-state index in [1.54, 1.807) is 6.20 Å². The van der Waals surface area contributed by atoms with E-state index in [4.69, 9.17) is 4.98 Å². The van der Waals surface area contributed by atoms with E-state index >= 15 is 0 Å². The molecule has 3 nitrogen and oxygen atoms in total. The average Bonchev–Trinajstić information content (AvgIpc) is 3.09. The summed E-state index contributed by atoms with van der Waals surface area (Å²) < 4.78 is 13.7. The molecule has 2 heterocycles. The number of fused-ring (bicyclic) bond motifs is 1. The molecular formula is C22H21FN2OS. The molecule has 0 saturated carbocycles. The van der Waals surface area contributed by atoms with Crippen molar-refractivity contribution in [3.05, 3.63) is 59.2 Å². The van der Waals surface area contributed by atoms with E-state index in [2.05, 4.69) is 18.8 Å². The largest absolute Gasteiger partial charge is 0.303 e. The molecule has 138 valence electrons. The molecule has 0 fully saturated rings. The quantitative estimate of drug-likeness (QED) is 0.558. The first kappa shape index (κ1) is 18.0. The molecule has 0 amide bonds. The molecule has 5 heteroatoms. The van der Waals surface area contributed by atoms with Gasteiger partial charge in [-0.2, -0.15) is 0 Å². The van der Waals surface area contributed by atoms with Crippen LogP contribution in [0.1, 0.15) is 43.0 Å². The summed E-state index contributed by atoms with van der Waals surface area (Å²) >= 11 is 1.50. The summed E-state index contributed by atoms with van der Waals surface area (Å²) in [7, 11) is 0. The lowest BCUT2D eigenvalue weighted by molar-refractivity contribution is -0.109. The van der Waals surface area contributed by atoms with Gasteiger partial charge in [0.15, 0.2) is 0 Å². The van der Waals surface area contributed by atoms with Gasteiger partial charge in [0.2, 0.25) is 0 Å². The van der Waals surface area contributed by atoms with Crippen LogP contribution in [0.25, 0.3) is 21.1 Å². The van der Waals surface area contributed by atoms with E-state index in [1.165, 1.54) is 23.5 Å². The van der Waals surface area contributed by atoms with Crippen LogP contribution in [0.3, 0.4) is 0 Å². The third-order valence-corrected chi connectivity index (χ3v) is 6.11. The van der Waals surface area contributed by atoms with Gasteiger partial charge in [0.1, 0.15) is 17.1 Å². The Morgan fingerprint density at radius 3 is 2.81 bits per heavy atom. The number of benzene rings is 1. The first-order chi connectivity index (χ1) is 12.8. The molecule has 2 aromatic heterocycles. The third kappa shape index (κ3) is 3.56. The summed E-state index contributed by atoms with van der Waals surface area (Å²) in [4.78, 5) is 21.8. The Labute approximate surface area is 162 Å². The monoisotopic (exact) mass is 380 g/mol. The second-order valence-corrected chi connectivity index (χ2v) is 9.10. The maximum atomic E-state index is 13.7. The van der Waals surface area contributed by atoms with E-state index in [1.807, 2.05) is 25.1 Å². The highest BCUT2D eigenvalue weighted by Crippen LogP contribution is 2.41. The highest BCUT2D eigenvalue weighted by Gasteiger charge is 2.33. The molecule has 1 unspecified atom stereocenters. The van der Waals surface area contributed by atoms with E-state index < -0.39 is 0 Å². The summed E-state index contributed by atoms with van der Waals surface area (Å²) in [5.74, 6) is -0.332. The zero-order chi connectivity index (χ0) is 19.2. The van der Waals surface area contributed by atoms with Crippen LogP contribution in [0.15, 0.2) is 36.5 Å². The number of aryl methyl sites for hydroxylation is 1. The summed E-state index contributed by atoms with van der Waals surface area (Å²) in [6, 6.07) is 8.95. The zero-order valence-electron chi connectivity index (χ0n) is 15.6. The number of aromatic nitrogens is 2. The molecular weight excluding hydrogens is 359 g/mol. The molecule has 0 spiro atoms. The van der Waals surface area contributed by atoms with Crippen molar-refractivity contribution in [3.63, 3.8) is 0 Å². The number of nitrogens with zero attached hydrogens (tertiary/aromatic N) is 2. The van der Waals surface area contributed by atoms with Crippen LogP contribution >= 0.6 is 11.3 Å². The topological polar surface area (TPSA) is 42.9 Å². The Kier molecular flexibility index (Phi) is 4.42. The molecule has 1 aromatic carbocycles. The van der Waals surface area contributed by atoms with Gasteiger partial charge in [0.05, 0.1) is 10.6 Å². The van der Waals surface area contributed by atoms with Gasteiger partial charge in [0.25, 0.3) is 0 Å². The summed E-state index contributed by atoms with van der Waals surface area (Å²) in [5.41, 5.74) is 4.59. The second-order valence-electron chi connectivity index (χ2n) is 8.07. The molecule has 0 N–H and O–H groups in total. The number of thiazole rings is 1. The maximum absolute atomic E-state index is 13.7. The van der Waals surface area contributed by atoms with Crippen LogP contribution in [0, 0.1) is 18.2 Å². The first-order valence-corrected chi connectivity index (χ1v) is 9.85. The van der Waals surface area contributed by atoms with Gasteiger partial charge in [-0.1, -0.05) is 26.0 Å². The number of hydrogen-bond donors (Lipinski definition) is 0. The number of carbonyl (C=O) groups excluding carboxylic acids is 1. The van der Waals surface area contributed by atoms with Gasteiger partial charge in [-0.25, -0.2) is 14.4 Å². The number of aldehydes is 1. The van der Waals surface area contributed by atoms with E-state index in [-0.39, 0.29) is 17.2 Å². The molecule has 0 aliphatic heterocycles. The maximum Gasteiger partial charge on any atom is 0.142 e. The molecule has 3 aromatic rings. The van der Waals surface area contributed by atoms with Crippen molar-refractivity contribution in [3.8, 4) is 21.1 Å². The lowest BCUT2D eigenvalue weighted by atomic mass is 9.71. The molecule has 0 saturated heterocycles. The number of hydrogen-bond acceptors (Lipinski definition) is 4. The fourth-order valence-electron chi connectivity index (χ4n) is 3.87. The van der Waals surface area contributed by atoms with Crippen LogP contribution in [-0.2, 0) is 11.2 Å². The number of rotatable bonds is 3. The average molecular weight is 380 g/mol. The van der Waals surface area contributed by atoms with Crippen LogP contribution in [0.2, 0.25) is 0 Å². The van der Waals surface area contributed by atoms with Gasteiger partial charge < -0.3 is 4.79 Å². The van der Waals surface area contributed by atoms with Gasteiger partial charge in [0, 0.05) is 17.8 Å². The normalized spacial score (nSPS) is 18.1. The minimum absolute atomic E-state index is 0.0529. The third-order valence-electron chi connectivity index (χ3n) is 5.04. The van der Waals surface area contributed by atoms with Gasteiger partial charge in [-0.05, 0) is 60.1 Å². The SMILES string of the molecule is Cc1cc(F)cc(-c2cnc(-c3ccc4c(n3)CC(C)(C)CC4C=O)s2)c1. The molecule has 1 atom stereocenters. The van der Waals surface area contributed by atoms with Gasteiger partial charge in [-0.15, -0.1) is 11.3 Å². The molecule has 27 heavy (non-hydrogen) atoms. The first-order valence-electron chi connectivity index (χ1n) is 9.03. The Hall–Kier alpha value is -2.40. The number of pyridine rings is 1. The van der Waals surface area contributed by atoms with Crippen LogP contribution in [0.4, 0.5) is 4.39 Å². The van der Waals surface area contributed by atoms with Crippen molar-refractivity contribution in [2.24, 2.45) is 5.41 Å². The smallest absolute Gasteiger partial charge is 0.142 e. The van der Waals surface area contributed by atoms with Crippen molar-refractivity contribution < 1.29 is 9.18 Å². The molecule has 0 radical (unpaired) electrons. The van der Waals surface area contributed by atoms with Crippen molar-refractivity contribution in [1.82, 2.24) is 9.97 Å². The standard InChI is InChI=1S/C22H21FN2OS/c1-13-6-14(8-16(23)7-13)20-11-24-21(27-20)18-5-4-17-15(12-26)9-22(2,3)10-19(17)25-18/h4-8,11-12,15H,9-10H2,1-3H3. The van der Waals surface area contributed by atoms with E-state index in [9.17, 15) is 9.18 Å². The lowest BCUT2D eigenvalue weighted by Gasteiger charge is -2.34. The van der Waals surface area contributed by atoms with Crippen LogP contribution in [0.5, 0.6) is 0 Å². The van der Waals surface area contributed by atoms with Crippen molar-refractivity contribution in [2.75, 3.05) is 0 Å². The lowest BCUT2D eigenvalue weighted by Crippen LogP contribution is -2.27. The number of halogens is 1. The Morgan fingerprint density at radius 1 is 1.26 bits per heavy atom. The van der Waals surface area contributed by atoms with Crippen molar-refractivity contribution in [1.29, 1.82) is 0 Å². The zero-order valence-corrected chi connectivity index (χ0v) is 16.4. The highest BCUT2D eigenvalue weighted by molar-refractivity contribution is 7.18. The molecule has 4 rings (SSSR count). The predicted octanol–water partition coefficient (Wildman–Crippen LogP) is 5.57. The fraction of sp³-hybridized carbons (Fsp3) is 0.318. The second kappa shape index (κ2) is 6.64. The van der Waals surface area contributed by atoms with Crippen LogP contribution in [-0.4, -0.2) is 16.3 Å². The minimum Gasteiger partial charge on any atom is -0.303 e. The fourth-order valence-corrected chi connectivity index (χ4v) is 4.74. The van der Waals surface area contributed by atoms with E-state index in [0.717, 1.165) is 57.1 Å². The summed E-state index contributed by atoms with van der Waals surface area (Å²) in [5, 5.41) is 0.806. The Balaban J connectivity index is 1.71. The van der Waals surface area contributed by atoms with Crippen molar-refractivity contribution in [2.45, 2.75) is 39.5 Å². The molecule has 1 aliphatic carbocycles. The predicted molar refractivity (Wildman–Crippen MR) is 106 cm³/mol.